The van der Waals surface area contributed by atoms with E-state index in [1.54, 1.807) is 4.57 Å². The van der Waals surface area contributed by atoms with Gasteiger partial charge in [-0.2, -0.15) is 9.97 Å². The van der Waals surface area contributed by atoms with Crippen molar-refractivity contribution in [1.29, 1.82) is 0 Å². The van der Waals surface area contributed by atoms with Crippen LogP contribution in [-0.4, -0.2) is 58.5 Å². The number of fused-ring (bicyclic) bond motifs is 1. The zero-order chi connectivity index (χ0) is 17.8. The normalized spacial score (nSPS) is 26.0. The number of nitrogens with two attached hydrogens (primary N) is 1. The number of nitrogens with one attached hydrogen (secondary N) is 1. The third kappa shape index (κ3) is 3.65. The van der Waals surface area contributed by atoms with E-state index in [2.05, 4.69) is 20.3 Å². The number of aliphatic hydroxyl groups excluding tert-OH is 1. The maximum Gasteiger partial charge on any atom is 0.354 e. The van der Waals surface area contributed by atoms with Gasteiger partial charge in [0.25, 0.3) is 0 Å². The molecule has 0 spiro atoms. The number of hydrogen-bond acceptors (Lipinski definition) is 9. The third-order valence-corrected chi connectivity index (χ3v) is 5.44. The van der Waals surface area contributed by atoms with E-state index in [9.17, 15) is 19.5 Å². The minimum atomic E-state index is -4.41. The lowest BCUT2D eigenvalue weighted by Gasteiger charge is -2.16. The lowest BCUT2D eigenvalue weighted by molar-refractivity contribution is 0.0163. The number of aromatic nitrogens is 4. The van der Waals surface area contributed by atoms with Gasteiger partial charge in [-0.1, -0.05) is 0 Å². The van der Waals surface area contributed by atoms with Crippen molar-refractivity contribution in [2.24, 2.45) is 0 Å². The number of nitrogen functional groups attached to an aromatic ring is 1. The second-order valence-corrected chi connectivity index (χ2v) is 8.19. The fraction of sp³-hybridized carbons (Fsp3) is 0.615. The van der Waals surface area contributed by atoms with Gasteiger partial charge in [0, 0.05) is 12.5 Å². The smallest absolute Gasteiger partial charge is 0.354 e. The molecule has 2 aliphatic rings. The van der Waals surface area contributed by atoms with Gasteiger partial charge in [0.15, 0.2) is 22.8 Å². The fourth-order valence-corrected chi connectivity index (χ4v) is 3.70. The summed E-state index contributed by atoms with van der Waals surface area (Å²) >= 11 is 0. The van der Waals surface area contributed by atoms with Gasteiger partial charge in [0.2, 0.25) is 5.95 Å². The van der Waals surface area contributed by atoms with Crippen LogP contribution in [-0.2, 0) is 15.8 Å². The molecule has 4 rings (SSSR count). The number of hydrogen-bond donors (Lipinski definition) is 6. The summed E-state index contributed by atoms with van der Waals surface area (Å²) in [5, 5.41) is 13.3. The van der Waals surface area contributed by atoms with Crippen LogP contribution in [0.1, 0.15) is 19.3 Å². The highest BCUT2D eigenvalue weighted by molar-refractivity contribution is 7.52. The SMILES string of the molecule is N.Nc1nc(NC2CC2)c2ncn(C[C@H]3O[C@@H](P(=O)(O)O)C[C@@H]3O)c2n1. The highest BCUT2D eigenvalue weighted by Crippen LogP contribution is 2.48. The van der Waals surface area contributed by atoms with Crippen LogP contribution in [0.2, 0.25) is 0 Å². The average Bonchev–Trinajstić information content (AvgIpc) is 3.12. The van der Waals surface area contributed by atoms with E-state index < -0.39 is 25.6 Å². The highest BCUT2D eigenvalue weighted by Gasteiger charge is 2.43. The van der Waals surface area contributed by atoms with E-state index in [1.807, 2.05) is 0 Å². The Kier molecular flexibility index (Phi) is 4.90. The summed E-state index contributed by atoms with van der Waals surface area (Å²) in [6, 6.07) is 0.367. The molecule has 2 fully saturated rings. The van der Waals surface area contributed by atoms with E-state index in [0.717, 1.165) is 12.8 Å². The molecule has 1 aliphatic carbocycles. The molecule has 3 atom stereocenters. The first kappa shape index (κ1) is 19.0. The van der Waals surface area contributed by atoms with Gasteiger partial charge in [-0.15, -0.1) is 0 Å². The molecule has 26 heavy (non-hydrogen) atoms. The summed E-state index contributed by atoms with van der Waals surface area (Å²) in [6.45, 7) is 0.146. The molecule has 0 aromatic carbocycles. The zero-order valence-corrected chi connectivity index (χ0v) is 14.8. The Morgan fingerprint density at radius 3 is 2.73 bits per heavy atom. The lowest BCUT2D eigenvalue weighted by atomic mass is 10.2. The van der Waals surface area contributed by atoms with Gasteiger partial charge in [0.1, 0.15) is 6.10 Å². The maximum atomic E-state index is 11.3. The Bertz CT molecular complexity index is 851. The first-order valence-electron chi connectivity index (χ1n) is 7.95. The molecule has 1 saturated carbocycles. The van der Waals surface area contributed by atoms with Crippen LogP contribution in [0.15, 0.2) is 6.33 Å². The first-order valence-corrected chi connectivity index (χ1v) is 9.63. The zero-order valence-electron chi connectivity index (χ0n) is 13.9. The van der Waals surface area contributed by atoms with E-state index in [0.29, 0.717) is 23.0 Å². The summed E-state index contributed by atoms with van der Waals surface area (Å²) in [4.78, 5) is 31.1. The van der Waals surface area contributed by atoms with Crippen LogP contribution in [0, 0.1) is 0 Å². The minimum Gasteiger partial charge on any atom is -0.390 e. The predicted molar refractivity (Wildman–Crippen MR) is 92.7 cm³/mol. The molecular weight excluding hydrogens is 365 g/mol. The van der Waals surface area contributed by atoms with Crippen molar-refractivity contribution in [3.8, 4) is 0 Å². The Morgan fingerprint density at radius 2 is 2.12 bits per heavy atom. The van der Waals surface area contributed by atoms with Crippen molar-refractivity contribution in [2.75, 3.05) is 11.1 Å². The van der Waals surface area contributed by atoms with Crippen molar-refractivity contribution >= 4 is 30.5 Å². The summed E-state index contributed by atoms with van der Waals surface area (Å²) in [5.74, 6) is -0.641. The van der Waals surface area contributed by atoms with E-state index in [4.69, 9.17) is 10.5 Å². The molecule has 144 valence electrons. The largest absolute Gasteiger partial charge is 0.390 e. The average molecular weight is 387 g/mol. The maximum absolute atomic E-state index is 11.3. The second-order valence-electron chi connectivity index (χ2n) is 6.44. The van der Waals surface area contributed by atoms with Crippen LogP contribution in [0.4, 0.5) is 11.8 Å². The summed E-state index contributed by atoms with van der Waals surface area (Å²) < 4.78 is 18.3. The summed E-state index contributed by atoms with van der Waals surface area (Å²) in [6.07, 6.45) is 1.78. The van der Waals surface area contributed by atoms with Crippen LogP contribution in [0.5, 0.6) is 0 Å². The Labute approximate surface area is 148 Å². The monoisotopic (exact) mass is 387 g/mol. The molecule has 2 aromatic heterocycles. The quantitative estimate of drug-likeness (QED) is 0.370. The van der Waals surface area contributed by atoms with Crippen LogP contribution in [0.25, 0.3) is 11.2 Å². The number of nitrogens with zero attached hydrogens (tertiary/aromatic N) is 4. The third-order valence-electron chi connectivity index (χ3n) is 4.36. The molecule has 13 heteroatoms. The Morgan fingerprint density at radius 1 is 1.38 bits per heavy atom. The van der Waals surface area contributed by atoms with Crippen LogP contribution in [0.3, 0.4) is 0 Å². The molecule has 0 radical (unpaired) electrons. The molecular formula is C13H22N7O5P. The van der Waals surface area contributed by atoms with Crippen LogP contribution < -0.4 is 17.2 Å². The molecule has 9 N–H and O–H groups in total. The first-order chi connectivity index (χ1) is 11.8. The molecule has 1 aliphatic heterocycles. The van der Waals surface area contributed by atoms with Gasteiger partial charge in [-0.05, 0) is 12.8 Å². The van der Waals surface area contributed by atoms with Crippen molar-refractivity contribution in [3.05, 3.63) is 6.33 Å². The lowest BCUT2D eigenvalue weighted by Crippen LogP contribution is -2.26. The topological polar surface area (TPSA) is 204 Å². The summed E-state index contributed by atoms with van der Waals surface area (Å²) in [7, 11) is -4.41. The number of anilines is 2. The van der Waals surface area contributed by atoms with E-state index in [-0.39, 0.29) is 25.1 Å². The van der Waals surface area contributed by atoms with Crippen LogP contribution >= 0.6 is 7.60 Å². The van der Waals surface area contributed by atoms with Gasteiger partial charge >= 0.3 is 7.60 Å². The van der Waals surface area contributed by atoms with Gasteiger partial charge in [-0.25, -0.2) is 4.98 Å². The van der Waals surface area contributed by atoms with Gasteiger partial charge < -0.3 is 41.4 Å². The van der Waals surface area contributed by atoms with Crippen molar-refractivity contribution in [3.63, 3.8) is 0 Å². The molecule has 0 bridgehead atoms. The van der Waals surface area contributed by atoms with Crippen molar-refractivity contribution in [2.45, 2.75) is 49.9 Å². The molecule has 0 unspecified atom stereocenters. The molecule has 2 aromatic rings. The van der Waals surface area contributed by atoms with E-state index >= 15 is 0 Å². The predicted octanol–water partition coefficient (Wildman–Crippen LogP) is -0.202. The van der Waals surface area contributed by atoms with Crippen molar-refractivity contribution < 1.29 is 24.2 Å². The summed E-state index contributed by atoms with van der Waals surface area (Å²) in [5.41, 5.74) is 6.81. The molecule has 1 saturated heterocycles. The Hall–Kier alpha value is -1.82. The van der Waals surface area contributed by atoms with E-state index in [1.165, 1.54) is 6.33 Å². The Balaban J connectivity index is 0.00000196. The second kappa shape index (κ2) is 6.72. The number of aliphatic hydroxyl groups is 1. The number of imidazole rings is 1. The standard InChI is InChI=1S/C13H19N6O5P.H3N/c14-13-17-11(16-6-1-2-6)10-12(18-13)19(5-15-10)4-8-7(20)3-9(24-8)25(21,22)23;/h5-9,20H,1-4H2,(H2,21,22,23)(H3,14,16,17,18);1H3/t7-,8+,9-;/m0./s1. The molecule has 3 heterocycles. The fourth-order valence-electron chi connectivity index (χ4n) is 2.90. The highest BCUT2D eigenvalue weighted by atomic mass is 31.2. The molecule has 0 amide bonds. The van der Waals surface area contributed by atoms with Crippen molar-refractivity contribution in [1.82, 2.24) is 25.7 Å². The minimum absolute atomic E-state index is 0. The van der Waals surface area contributed by atoms with Gasteiger partial charge in [0.05, 0.1) is 19.0 Å². The number of ether oxygens (including phenoxy) is 1. The number of rotatable bonds is 5. The van der Waals surface area contributed by atoms with Gasteiger partial charge in [-0.3, -0.25) is 4.57 Å². The molecule has 12 nitrogen and oxygen atoms in total.